The van der Waals surface area contributed by atoms with Crippen molar-refractivity contribution < 1.29 is 4.74 Å². The minimum absolute atomic E-state index is 0.0862. The summed E-state index contributed by atoms with van der Waals surface area (Å²) in [6.45, 7) is 22.4. The summed E-state index contributed by atoms with van der Waals surface area (Å²) in [5, 5.41) is 0. The minimum atomic E-state index is -1.68. The average Bonchev–Trinajstić information content (AvgIpc) is 2.13. The molecule has 0 aromatic heterocycles. The predicted molar refractivity (Wildman–Crippen MR) is 89.8 cm³/mol. The van der Waals surface area contributed by atoms with Gasteiger partial charge in [0, 0.05) is 6.21 Å². The largest absolute Gasteiger partial charge is 0.367 e. The smallest absolute Gasteiger partial charge is 0.188 e. The molecule has 0 saturated carbocycles. The summed E-state index contributed by atoms with van der Waals surface area (Å²) in [6, 6.07) is 0. The zero-order valence-corrected chi connectivity index (χ0v) is 15.7. The van der Waals surface area contributed by atoms with E-state index in [-0.39, 0.29) is 11.7 Å². The molecule has 2 nitrogen and oxygen atoms in total. The maximum Gasteiger partial charge on any atom is 0.188 e. The van der Waals surface area contributed by atoms with Crippen molar-refractivity contribution >= 4 is 14.5 Å². The van der Waals surface area contributed by atoms with Gasteiger partial charge in [-0.15, -0.1) is 0 Å². The molecule has 0 rings (SSSR count). The lowest BCUT2D eigenvalue weighted by atomic mass is 10.2. The summed E-state index contributed by atoms with van der Waals surface area (Å²) in [4.78, 5) is 0. The Kier molecular flexibility index (Phi) is 6.97. The summed E-state index contributed by atoms with van der Waals surface area (Å²) in [5.74, 6) is 0. The number of hydrogen-bond donors (Lipinski definition) is 0. The molecule has 1 atom stereocenters. The molecule has 0 radical (unpaired) electrons. The highest BCUT2D eigenvalue weighted by Gasteiger charge is 2.43. The third-order valence-corrected chi connectivity index (χ3v) is 9.97. The zero-order valence-electron chi connectivity index (χ0n) is 14.7. The number of ether oxygens (including phenoxy) is 1. The van der Waals surface area contributed by atoms with E-state index in [1.807, 2.05) is 0 Å². The summed E-state index contributed by atoms with van der Waals surface area (Å²) in [7, 11) is -1.68. The van der Waals surface area contributed by atoms with Gasteiger partial charge in [-0.1, -0.05) is 41.5 Å². The van der Waals surface area contributed by atoms with Crippen LogP contribution in [0.15, 0.2) is 4.66 Å². The molecule has 19 heavy (non-hydrogen) atoms. The van der Waals surface area contributed by atoms with Crippen molar-refractivity contribution in [2.75, 3.05) is 0 Å². The van der Waals surface area contributed by atoms with E-state index in [1.165, 1.54) is 0 Å². The predicted octanol–water partition coefficient (Wildman–Crippen LogP) is 5.44. The zero-order chi connectivity index (χ0) is 15.4. The summed E-state index contributed by atoms with van der Waals surface area (Å²) < 4.78 is 11.1. The normalized spacial score (nSPS) is 16.1. The van der Waals surface area contributed by atoms with Crippen molar-refractivity contribution in [1.82, 2.24) is 0 Å². The highest BCUT2D eigenvalue weighted by molar-refractivity contribution is 6.82. The molecule has 0 aliphatic rings. The van der Waals surface area contributed by atoms with Crippen LogP contribution >= 0.6 is 0 Å². The van der Waals surface area contributed by atoms with E-state index in [9.17, 15) is 0 Å². The standard InChI is InChI=1S/C16H35NOSi/c1-12(2)19(13(3)4,14(5)6)17-11-15(7)18-16(8,9)10/h11-15H,1-10H3/b17-11+/t15-/m0/s1. The highest BCUT2D eigenvalue weighted by atomic mass is 28.3. The van der Waals surface area contributed by atoms with E-state index in [0.717, 1.165) is 0 Å². The molecule has 0 N–H and O–H groups in total. The lowest BCUT2D eigenvalue weighted by Crippen LogP contribution is -2.43. The minimum Gasteiger partial charge on any atom is -0.367 e. The van der Waals surface area contributed by atoms with Crippen LogP contribution in [-0.4, -0.2) is 26.2 Å². The monoisotopic (exact) mass is 285 g/mol. The van der Waals surface area contributed by atoms with Crippen molar-refractivity contribution in [3.8, 4) is 0 Å². The molecule has 0 aromatic carbocycles. The first kappa shape index (κ1) is 18.8. The molecule has 0 bridgehead atoms. The SMILES string of the molecule is CC(C)[Si](/N=C/[C@H](C)OC(C)(C)C)(C(C)C)C(C)C. The molecule has 0 heterocycles. The first-order chi connectivity index (χ1) is 8.43. The fourth-order valence-electron chi connectivity index (χ4n) is 3.27. The third-order valence-electron chi connectivity index (χ3n) is 3.82. The van der Waals surface area contributed by atoms with Crippen LogP contribution < -0.4 is 0 Å². The molecule has 0 unspecified atom stereocenters. The van der Waals surface area contributed by atoms with Crippen LogP contribution in [0.2, 0.25) is 16.6 Å². The fourth-order valence-corrected chi connectivity index (χ4v) is 8.63. The Labute approximate surface area is 122 Å². The second kappa shape index (κ2) is 7.03. The number of hydrogen-bond acceptors (Lipinski definition) is 2. The van der Waals surface area contributed by atoms with E-state index >= 15 is 0 Å². The quantitative estimate of drug-likeness (QED) is 0.470. The van der Waals surface area contributed by atoms with E-state index in [2.05, 4.69) is 75.5 Å². The van der Waals surface area contributed by atoms with Gasteiger partial charge < -0.3 is 9.39 Å². The number of rotatable bonds is 6. The summed E-state index contributed by atoms with van der Waals surface area (Å²) in [5.41, 5.74) is 1.87. The molecule has 0 aliphatic carbocycles. The maximum absolute atomic E-state index is 5.95. The Bertz CT molecular complexity index is 268. The van der Waals surface area contributed by atoms with E-state index in [0.29, 0.717) is 16.6 Å². The second-order valence-corrected chi connectivity index (χ2v) is 13.1. The van der Waals surface area contributed by atoms with Gasteiger partial charge >= 0.3 is 0 Å². The van der Waals surface area contributed by atoms with Gasteiger partial charge in [0.1, 0.15) is 0 Å². The Hall–Kier alpha value is -0.153. The van der Waals surface area contributed by atoms with E-state index in [4.69, 9.17) is 9.39 Å². The average molecular weight is 286 g/mol. The molecule has 0 saturated heterocycles. The van der Waals surface area contributed by atoms with Gasteiger partial charge in [-0.25, -0.2) is 0 Å². The second-order valence-electron chi connectivity index (χ2n) is 7.56. The van der Waals surface area contributed by atoms with Crippen LogP contribution in [0.25, 0.3) is 0 Å². The van der Waals surface area contributed by atoms with Crippen LogP contribution in [0.5, 0.6) is 0 Å². The Morgan fingerprint density at radius 3 is 1.47 bits per heavy atom. The van der Waals surface area contributed by atoms with Crippen LogP contribution in [0.3, 0.4) is 0 Å². The topological polar surface area (TPSA) is 21.6 Å². The van der Waals surface area contributed by atoms with Gasteiger partial charge in [-0.05, 0) is 44.3 Å². The molecule has 114 valence electrons. The highest BCUT2D eigenvalue weighted by Crippen LogP contribution is 2.42. The molecule has 0 aromatic rings. The van der Waals surface area contributed by atoms with E-state index < -0.39 is 8.24 Å². The van der Waals surface area contributed by atoms with Gasteiger partial charge in [0.15, 0.2) is 8.24 Å². The molecule has 3 heteroatoms. The van der Waals surface area contributed by atoms with E-state index in [1.54, 1.807) is 0 Å². The van der Waals surface area contributed by atoms with Gasteiger partial charge in [-0.3, -0.25) is 0 Å². The van der Waals surface area contributed by atoms with Crippen LogP contribution in [0, 0.1) is 0 Å². The van der Waals surface area contributed by atoms with Crippen LogP contribution in [0.4, 0.5) is 0 Å². The van der Waals surface area contributed by atoms with Gasteiger partial charge in [0.2, 0.25) is 0 Å². The molecule has 0 aliphatic heterocycles. The molecule has 0 fully saturated rings. The van der Waals surface area contributed by atoms with Gasteiger partial charge in [0.05, 0.1) is 11.7 Å². The fraction of sp³-hybridized carbons (Fsp3) is 0.938. The Morgan fingerprint density at radius 2 is 1.21 bits per heavy atom. The Morgan fingerprint density at radius 1 is 0.842 bits per heavy atom. The van der Waals surface area contributed by atoms with Crippen LogP contribution in [-0.2, 0) is 4.74 Å². The summed E-state index contributed by atoms with van der Waals surface area (Å²) in [6.07, 6.45) is 2.15. The first-order valence-corrected chi connectivity index (χ1v) is 9.84. The van der Waals surface area contributed by atoms with Crippen LogP contribution in [0.1, 0.15) is 69.2 Å². The third kappa shape index (κ3) is 5.39. The summed E-state index contributed by atoms with van der Waals surface area (Å²) >= 11 is 0. The van der Waals surface area contributed by atoms with Crippen molar-refractivity contribution in [2.24, 2.45) is 4.66 Å². The molecule has 0 amide bonds. The maximum atomic E-state index is 5.95. The molecular weight excluding hydrogens is 250 g/mol. The van der Waals surface area contributed by atoms with Crippen molar-refractivity contribution in [2.45, 2.75) is 97.6 Å². The molecular formula is C16H35NOSi. The first-order valence-electron chi connectivity index (χ1n) is 7.66. The Balaban J connectivity index is 5.13. The van der Waals surface area contributed by atoms with Crippen molar-refractivity contribution in [3.05, 3.63) is 0 Å². The number of nitrogens with zero attached hydrogens (tertiary/aromatic N) is 1. The van der Waals surface area contributed by atoms with Gasteiger partial charge in [-0.2, -0.15) is 0 Å². The van der Waals surface area contributed by atoms with Crippen molar-refractivity contribution in [3.63, 3.8) is 0 Å². The lowest BCUT2D eigenvalue weighted by molar-refractivity contribution is -0.0193. The molecule has 0 spiro atoms. The van der Waals surface area contributed by atoms with Gasteiger partial charge in [0.25, 0.3) is 0 Å². The van der Waals surface area contributed by atoms with Crippen molar-refractivity contribution in [1.29, 1.82) is 0 Å². The lowest BCUT2D eigenvalue weighted by Gasteiger charge is -2.39.